The molecule has 0 atom stereocenters. The molecule has 0 spiro atoms. The Balaban J connectivity index is 3.09. The third-order valence-electron chi connectivity index (χ3n) is 2.00. The molecule has 0 aliphatic carbocycles. The van der Waals surface area contributed by atoms with Gasteiger partial charge in [0.1, 0.15) is 0 Å². The molecule has 0 fully saturated rings. The third-order valence-corrected chi connectivity index (χ3v) is 2.28. The Labute approximate surface area is 99.9 Å². The Morgan fingerprint density at radius 2 is 2.06 bits per heavy atom. The number of hydrogen-bond acceptors (Lipinski definition) is 4. The molecule has 16 heavy (non-hydrogen) atoms. The van der Waals surface area contributed by atoms with Crippen LogP contribution in [0.2, 0.25) is 5.02 Å². The summed E-state index contributed by atoms with van der Waals surface area (Å²) >= 11 is 5.93. The summed E-state index contributed by atoms with van der Waals surface area (Å²) in [7, 11) is -0.0953. The summed E-state index contributed by atoms with van der Waals surface area (Å²) < 4.78 is 10.5. The largest absolute Gasteiger partial charge is 0.491 e. The zero-order valence-electron chi connectivity index (χ0n) is 9.24. The van der Waals surface area contributed by atoms with Gasteiger partial charge in [0, 0.05) is 0 Å². The van der Waals surface area contributed by atoms with Crippen molar-refractivity contribution in [3.63, 3.8) is 0 Å². The zero-order chi connectivity index (χ0) is 12.1. The molecule has 88 valence electrons. The van der Waals surface area contributed by atoms with Crippen molar-refractivity contribution in [1.82, 2.24) is 0 Å². The minimum absolute atomic E-state index is 0.275. The molecule has 4 nitrogen and oxygen atoms in total. The molecule has 0 aliphatic rings. The van der Waals surface area contributed by atoms with Gasteiger partial charge in [-0.15, -0.1) is 0 Å². The van der Waals surface area contributed by atoms with Crippen molar-refractivity contribution in [2.24, 2.45) is 0 Å². The fraction of sp³-hybridized carbons (Fsp3) is 0.400. The predicted molar refractivity (Wildman–Crippen MR) is 63.6 cm³/mol. The Kier molecular flexibility index (Phi) is 4.92. The van der Waals surface area contributed by atoms with Crippen LogP contribution < -0.4 is 14.9 Å². The van der Waals surface area contributed by atoms with Crippen LogP contribution in [0, 0.1) is 0 Å². The fourth-order valence-electron chi connectivity index (χ4n) is 1.25. The zero-order valence-corrected chi connectivity index (χ0v) is 9.99. The van der Waals surface area contributed by atoms with Crippen molar-refractivity contribution in [3.8, 4) is 11.5 Å². The number of benzene rings is 1. The van der Waals surface area contributed by atoms with Gasteiger partial charge in [0.2, 0.25) is 0 Å². The van der Waals surface area contributed by atoms with Crippen molar-refractivity contribution in [2.45, 2.75) is 13.3 Å². The maximum absolute atomic E-state index is 9.06. The second-order valence-corrected chi connectivity index (χ2v) is 3.66. The third kappa shape index (κ3) is 3.04. The van der Waals surface area contributed by atoms with Gasteiger partial charge in [-0.3, -0.25) is 0 Å². The van der Waals surface area contributed by atoms with Crippen LogP contribution in [0.4, 0.5) is 0 Å². The lowest BCUT2D eigenvalue weighted by molar-refractivity contribution is 0.294. The first-order valence-corrected chi connectivity index (χ1v) is 5.34. The standard InChI is InChI=1S/C10H14BClO4/c1-3-4-16-9-6-7(11(13)14)5-8(12)10(9)15-2/h5-6,13-14H,3-4H2,1-2H3. The average molecular weight is 244 g/mol. The molecule has 0 aliphatic heterocycles. The number of methoxy groups -OCH3 is 1. The van der Waals surface area contributed by atoms with Crippen molar-refractivity contribution in [2.75, 3.05) is 13.7 Å². The first-order chi connectivity index (χ1) is 7.60. The average Bonchev–Trinajstić information content (AvgIpc) is 2.25. The lowest BCUT2D eigenvalue weighted by atomic mass is 9.80. The normalized spacial score (nSPS) is 10.1. The number of ether oxygens (including phenoxy) is 2. The van der Waals surface area contributed by atoms with E-state index in [9.17, 15) is 0 Å². The summed E-state index contributed by atoms with van der Waals surface area (Å²) in [5.74, 6) is 0.819. The molecule has 1 aromatic carbocycles. The van der Waals surface area contributed by atoms with Crippen LogP contribution in [0.5, 0.6) is 11.5 Å². The lowest BCUT2D eigenvalue weighted by Gasteiger charge is -2.13. The van der Waals surface area contributed by atoms with Crippen LogP contribution in [0.25, 0.3) is 0 Å². The Hall–Kier alpha value is -0.905. The molecular weight excluding hydrogens is 230 g/mol. The Morgan fingerprint density at radius 3 is 2.56 bits per heavy atom. The maximum atomic E-state index is 9.06. The maximum Gasteiger partial charge on any atom is 0.488 e. The van der Waals surface area contributed by atoms with Crippen LogP contribution in [-0.4, -0.2) is 30.9 Å². The Bertz CT molecular complexity index is 357. The highest BCUT2D eigenvalue weighted by Crippen LogP contribution is 2.33. The summed E-state index contributed by atoms with van der Waals surface area (Å²) in [6.07, 6.45) is 0.840. The molecule has 0 radical (unpaired) electrons. The van der Waals surface area contributed by atoms with Crippen molar-refractivity contribution in [3.05, 3.63) is 17.2 Å². The van der Waals surface area contributed by atoms with E-state index in [1.807, 2.05) is 6.92 Å². The second kappa shape index (κ2) is 5.99. The van der Waals surface area contributed by atoms with E-state index in [0.717, 1.165) is 6.42 Å². The molecular formula is C10H14BClO4. The first kappa shape index (κ1) is 13.2. The summed E-state index contributed by atoms with van der Waals surface area (Å²) in [5.41, 5.74) is 0.275. The number of hydrogen-bond donors (Lipinski definition) is 2. The van der Waals surface area contributed by atoms with Crippen molar-refractivity contribution < 1.29 is 19.5 Å². The second-order valence-electron chi connectivity index (χ2n) is 3.26. The van der Waals surface area contributed by atoms with E-state index in [2.05, 4.69) is 0 Å². The predicted octanol–water partition coefficient (Wildman–Crippen LogP) is 0.817. The lowest BCUT2D eigenvalue weighted by Crippen LogP contribution is -2.30. The van der Waals surface area contributed by atoms with Gasteiger partial charge in [-0.25, -0.2) is 0 Å². The molecule has 2 N–H and O–H groups in total. The van der Waals surface area contributed by atoms with Gasteiger partial charge in [0.25, 0.3) is 0 Å². The van der Waals surface area contributed by atoms with Crippen LogP contribution in [0.15, 0.2) is 12.1 Å². The van der Waals surface area contributed by atoms with Gasteiger partial charge in [0.05, 0.1) is 18.7 Å². The molecule has 0 heterocycles. The number of rotatable bonds is 5. The SMILES string of the molecule is CCCOc1cc(B(O)O)cc(Cl)c1OC. The quantitative estimate of drug-likeness (QED) is 0.753. The van der Waals surface area contributed by atoms with Gasteiger partial charge >= 0.3 is 7.12 Å². The highest BCUT2D eigenvalue weighted by atomic mass is 35.5. The molecule has 6 heteroatoms. The van der Waals surface area contributed by atoms with Crippen LogP contribution in [0.1, 0.15) is 13.3 Å². The molecule has 0 saturated heterocycles. The molecule has 1 aromatic rings. The van der Waals surface area contributed by atoms with E-state index in [1.54, 1.807) is 0 Å². The van der Waals surface area contributed by atoms with E-state index in [-0.39, 0.29) is 5.46 Å². The minimum atomic E-state index is -1.58. The highest BCUT2D eigenvalue weighted by molar-refractivity contribution is 6.59. The molecule has 0 saturated carbocycles. The monoisotopic (exact) mass is 244 g/mol. The molecule has 1 rings (SSSR count). The topological polar surface area (TPSA) is 58.9 Å². The Morgan fingerprint density at radius 1 is 1.38 bits per heavy atom. The molecule has 0 aromatic heterocycles. The van der Waals surface area contributed by atoms with E-state index in [4.69, 9.17) is 31.1 Å². The first-order valence-electron chi connectivity index (χ1n) is 4.96. The van der Waals surface area contributed by atoms with E-state index in [0.29, 0.717) is 23.1 Å². The highest BCUT2D eigenvalue weighted by Gasteiger charge is 2.18. The molecule has 0 amide bonds. The van der Waals surface area contributed by atoms with Gasteiger partial charge in [-0.05, 0) is 24.0 Å². The fourth-order valence-corrected chi connectivity index (χ4v) is 1.55. The summed E-state index contributed by atoms with van der Waals surface area (Å²) in [6.45, 7) is 2.48. The van der Waals surface area contributed by atoms with E-state index in [1.165, 1.54) is 19.2 Å². The van der Waals surface area contributed by atoms with E-state index >= 15 is 0 Å². The van der Waals surface area contributed by atoms with Crippen LogP contribution in [-0.2, 0) is 0 Å². The van der Waals surface area contributed by atoms with Gasteiger partial charge in [0.15, 0.2) is 11.5 Å². The van der Waals surface area contributed by atoms with E-state index < -0.39 is 7.12 Å². The van der Waals surface area contributed by atoms with Gasteiger partial charge < -0.3 is 19.5 Å². The smallest absolute Gasteiger partial charge is 0.488 e. The minimum Gasteiger partial charge on any atom is -0.491 e. The summed E-state index contributed by atoms with van der Waals surface area (Å²) in [4.78, 5) is 0. The summed E-state index contributed by atoms with van der Waals surface area (Å²) in [6, 6.07) is 2.94. The molecule has 0 bridgehead atoms. The van der Waals surface area contributed by atoms with Crippen molar-refractivity contribution >= 4 is 24.2 Å². The van der Waals surface area contributed by atoms with Crippen LogP contribution in [0.3, 0.4) is 0 Å². The molecule has 0 unspecified atom stereocenters. The van der Waals surface area contributed by atoms with Gasteiger partial charge in [-0.2, -0.15) is 0 Å². The van der Waals surface area contributed by atoms with Crippen molar-refractivity contribution in [1.29, 1.82) is 0 Å². The van der Waals surface area contributed by atoms with Crippen LogP contribution >= 0.6 is 11.6 Å². The number of halogens is 1. The van der Waals surface area contributed by atoms with Gasteiger partial charge in [-0.1, -0.05) is 18.5 Å². The summed E-state index contributed by atoms with van der Waals surface area (Å²) in [5, 5.41) is 18.4.